The molecule has 20 heavy (non-hydrogen) atoms. The average molecular weight is 274 g/mol. The molecule has 1 aromatic rings. The van der Waals surface area contributed by atoms with Gasteiger partial charge < -0.3 is 9.15 Å². The molecule has 0 radical (unpaired) electrons. The van der Waals surface area contributed by atoms with E-state index in [-0.39, 0.29) is 17.5 Å². The van der Waals surface area contributed by atoms with Crippen molar-refractivity contribution in [2.24, 2.45) is 29.1 Å². The van der Waals surface area contributed by atoms with Gasteiger partial charge in [-0.2, -0.15) is 0 Å². The first-order valence-corrected chi connectivity index (χ1v) is 7.67. The van der Waals surface area contributed by atoms with E-state index in [2.05, 4.69) is 20.8 Å². The maximum absolute atomic E-state index is 11.6. The Morgan fingerprint density at radius 1 is 1.50 bits per heavy atom. The number of ether oxygens (including phenoxy) is 1. The van der Waals surface area contributed by atoms with Gasteiger partial charge in [0.1, 0.15) is 11.9 Å². The first-order valence-electron chi connectivity index (χ1n) is 7.67. The van der Waals surface area contributed by atoms with Gasteiger partial charge in [0, 0.05) is 24.8 Å². The molecular formula is C17H22O3. The molecule has 0 saturated heterocycles. The van der Waals surface area contributed by atoms with Crippen LogP contribution >= 0.6 is 0 Å². The standard InChI is InChI=1S/C17H22O3/c1-8-7-19-13-6-17(4)12-5-11(12)9(2)15(17)16(14(8)13)20-10(3)18/h7,9,11-12,15-16H,5-6H2,1-4H3/t9-,11+,12+,15+,16-,17-/m0/s1. The van der Waals surface area contributed by atoms with Gasteiger partial charge in [0.15, 0.2) is 0 Å². The van der Waals surface area contributed by atoms with Gasteiger partial charge in [-0.3, -0.25) is 4.79 Å². The number of furan rings is 1. The molecular weight excluding hydrogens is 252 g/mol. The number of fused-ring (bicyclic) bond motifs is 4. The van der Waals surface area contributed by atoms with Crippen molar-refractivity contribution in [3.05, 3.63) is 23.2 Å². The highest BCUT2D eigenvalue weighted by atomic mass is 16.5. The lowest BCUT2D eigenvalue weighted by Crippen LogP contribution is -2.41. The van der Waals surface area contributed by atoms with Crippen molar-refractivity contribution in [1.29, 1.82) is 0 Å². The van der Waals surface area contributed by atoms with Gasteiger partial charge in [-0.05, 0) is 42.1 Å². The van der Waals surface area contributed by atoms with E-state index in [1.807, 2.05) is 6.26 Å². The predicted molar refractivity (Wildman–Crippen MR) is 74.0 cm³/mol. The molecule has 2 fully saturated rings. The van der Waals surface area contributed by atoms with E-state index >= 15 is 0 Å². The summed E-state index contributed by atoms with van der Waals surface area (Å²) in [6.45, 7) is 8.30. The third kappa shape index (κ3) is 1.39. The van der Waals surface area contributed by atoms with Crippen molar-refractivity contribution in [1.82, 2.24) is 0 Å². The van der Waals surface area contributed by atoms with Crippen LogP contribution < -0.4 is 0 Å². The van der Waals surface area contributed by atoms with Crippen LogP contribution in [0.4, 0.5) is 0 Å². The fourth-order valence-corrected chi connectivity index (χ4v) is 5.40. The van der Waals surface area contributed by atoms with Gasteiger partial charge in [0.05, 0.1) is 6.26 Å². The Morgan fingerprint density at radius 2 is 2.25 bits per heavy atom. The largest absolute Gasteiger partial charge is 0.469 e. The minimum atomic E-state index is -0.182. The lowest BCUT2D eigenvalue weighted by Gasteiger charge is -2.44. The van der Waals surface area contributed by atoms with E-state index in [0.29, 0.717) is 11.8 Å². The van der Waals surface area contributed by atoms with Gasteiger partial charge in [-0.1, -0.05) is 13.8 Å². The third-order valence-electron chi connectivity index (χ3n) is 6.24. The summed E-state index contributed by atoms with van der Waals surface area (Å²) < 4.78 is 11.6. The van der Waals surface area contributed by atoms with E-state index in [4.69, 9.17) is 9.15 Å². The van der Waals surface area contributed by atoms with Crippen molar-refractivity contribution in [3.8, 4) is 0 Å². The van der Waals surface area contributed by atoms with Crippen molar-refractivity contribution in [2.45, 2.75) is 46.6 Å². The van der Waals surface area contributed by atoms with E-state index in [9.17, 15) is 4.79 Å². The van der Waals surface area contributed by atoms with Crippen molar-refractivity contribution in [2.75, 3.05) is 0 Å². The Balaban J connectivity index is 1.84. The summed E-state index contributed by atoms with van der Waals surface area (Å²) in [6.07, 6.45) is 4.06. The molecule has 4 rings (SSSR count). The van der Waals surface area contributed by atoms with Crippen molar-refractivity contribution in [3.63, 3.8) is 0 Å². The molecule has 6 atom stereocenters. The van der Waals surface area contributed by atoms with E-state index in [1.54, 1.807) is 0 Å². The van der Waals surface area contributed by atoms with Crippen LogP contribution in [0.5, 0.6) is 0 Å². The lowest BCUT2D eigenvalue weighted by molar-refractivity contribution is -0.155. The maximum atomic E-state index is 11.6. The molecule has 3 aliphatic carbocycles. The Bertz CT molecular complexity index is 587. The number of aryl methyl sites for hydroxylation is 1. The molecule has 3 aliphatic rings. The minimum Gasteiger partial charge on any atom is -0.469 e. The summed E-state index contributed by atoms with van der Waals surface area (Å²) in [5, 5.41) is 0. The lowest BCUT2D eigenvalue weighted by atomic mass is 9.62. The van der Waals surface area contributed by atoms with Gasteiger partial charge in [-0.15, -0.1) is 0 Å². The Hall–Kier alpha value is -1.25. The number of hydrogen-bond donors (Lipinski definition) is 0. The Kier molecular flexibility index (Phi) is 2.30. The van der Waals surface area contributed by atoms with E-state index < -0.39 is 0 Å². The van der Waals surface area contributed by atoms with Crippen LogP contribution in [-0.2, 0) is 16.0 Å². The van der Waals surface area contributed by atoms with Crippen LogP contribution in [0.25, 0.3) is 0 Å². The molecule has 3 heteroatoms. The van der Waals surface area contributed by atoms with Gasteiger partial charge in [0.2, 0.25) is 0 Å². The molecule has 0 spiro atoms. The van der Waals surface area contributed by atoms with Gasteiger partial charge in [0.25, 0.3) is 0 Å². The highest BCUT2D eigenvalue weighted by molar-refractivity contribution is 5.66. The number of rotatable bonds is 1. The number of carbonyl (C=O) groups is 1. The second kappa shape index (κ2) is 3.69. The van der Waals surface area contributed by atoms with Crippen molar-refractivity contribution < 1.29 is 13.9 Å². The normalized spacial score (nSPS) is 44.5. The number of hydrogen-bond acceptors (Lipinski definition) is 3. The number of esters is 1. The van der Waals surface area contributed by atoms with Crippen LogP contribution in [0, 0.1) is 36.0 Å². The van der Waals surface area contributed by atoms with E-state index in [1.165, 1.54) is 13.3 Å². The molecule has 0 N–H and O–H groups in total. The smallest absolute Gasteiger partial charge is 0.303 e. The van der Waals surface area contributed by atoms with Crippen LogP contribution in [0.1, 0.15) is 50.2 Å². The SMILES string of the molecule is CC(=O)O[C@H]1c2c(C)coc2C[C@]2(C)[C@@H]1[C@@H](C)[C@H]1C[C@H]12. The zero-order chi connectivity index (χ0) is 14.2. The third-order valence-corrected chi connectivity index (χ3v) is 6.24. The summed E-state index contributed by atoms with van der Waals surface area (Å²) in [5.74, 6) is 3.56. The Morgan fingerprint density at radius 3 is 2.95 bits per heavy atom. The summed E-state index contributed by atoms with van der Waals surface area (Å²) in [6, 6.07) is 0. The first kappa shape index (κ1) is 12.5. The fourth-order valence-electron chi connectivity index (χ4n) is 5.40. The molecule has 0 bridgehead atoms. The van der Waals surface area contributed by atoms with Gasteiger partial charge >= 0.3 is 5.97 Å². The maximum Gasteiger partial charge on any atom is 0.303 e. The molecule has 0 aromatic carbocycles. The highest BCUT2D eigenvalue weighted by Gasteiger charge is 2.68. The van der Waals surface area contributed by atoms with Crippen LogP contribution in [0.2, 0.25) is 0 Å². The van der Waals surface area contributed by atoms with Gasteiger partial charge in [-0.25, -0.2) is 0 Å². The van der Waals surface area contributed by atoms with Crippen molar-refractivity contribution >= 4 is 5.97 Å². The second-order valence-corrected chi connectivity index (χ2v) is 7.36. The molecule has 1 heterocycles. The average Bonchev–Trinajstić information content (AvgIpc) is 3.03. The predicted octanol–water partition coefficient (Wildman–Crippen LogP) is 3.66. The zero-order valence-corrected chi connectivity index (χ0v) is 12.6. The Labute approximate surface area is 119 Å². The summed E-state index contributed by atoms with van der Waals surface area (Å²) in [5.41, 5.74) is 2.51. The second-order valence-electron chi connectivity index (χ2n) is 7.36. The fraction of sp³-hybridized carbons (Fsp3) is 0.706. The molecule has 0 aliphatic heterocycles. The minimum absolute atomic E-state index is 0.109. The van der Waals surface area contributed by atoms with Crippen LogP contribution in [0.15, 0.2) is 10.7 Å². The molecule has 1 aromatic heterocycles. The molecule has 3 nitrogen and oxygen atoms in total. The molecule has 2 saturated carbocycles. The topological polar surface area (TPSA) is 39.4 Å². The number of carbonyl (C=O) groups excluding carboxylic acids is 1. The highest BCUT2D eigenvalue weighted by Crippen LogP contribution is 2.72. The van der Waals surface area contributed by atoms with Crippen LogP contribution in [0.3, 0.4) is 0 Å². The monoisotopic (exact) mass is 274 g/mol. The molecule has 0 amide bonds. The van der Waals surface area contributed by atoms with Crippen LogP contribution in [-0.4, -0.2) is 5.97 Å². The zero-order valence-electron chi connectivity index (χ0n) is 12.6. The summed E-state index contributed by atoms with van der Waals surface area (Å²) in [4.78, 5) is 11.6. The molecule has 0 unspecified atom stereocenters. The quantitative estimate of drug-likeness (QED) is 0.734. The molecule has 108 valence electrons. The summed E-state index contributed by atoms with van der Waals surface area (Å²) >= 11 is 0. The first-order chi connectivity index (χ1) is 9.43. The summed E-state index contributed by atoms with van der Waals surface area (Å²) in [7, 11) is 0. The van der Waals surface area contributed by atoms with E-state index in [0.717, 1.165) is 35.1 Å².